The predicted molar refractivity (Wildman–Crippen MR) is 98.8 cm³/mol. The van der Waals surface area contributed by atoms with E-state index in [9.17, 15) is 17.6 Å². The standard InChI is InChI=1S/C17H17FN2O3S2/c1-25(22,23)20-15-10-12(18)6-7-14(15)19-17(21)16-13-5-3-2-4-11(13)8-9-24-16/h2-7,10,16,20H,8-9H2,1H3,(H,19,21). The van der Waals surface area contributed by atoms with Crippen molar-refractivity contribution in [3.8, 4) is 0 Å². The number of nitrogens with one attached hydrogen (secondary N) is 2. The molecular weight excluding hydrogens is 363 g/mol. The Morgan fingerprint density at radius 2 is 1.96 bits per heavy atom. The molecule has 1 heterocycles. The van der Waals surface area contributed by atoms with E-state index in [1.807, 2.05) is 24.3 Å². The molecule has 0 radical (unpaired) electrons. The quantitative estimate of drug-likeness (QED) is 0.854. The first-order chi connectivity index (χ1) is 11.8. The summed E-state index contributed by atoms with van der Waals surface area (Å²) in [6.45, 7) is 0. The molecule has 1 aliphatic rings. The van der Waals surface area contributed by atoms with Crippen LogP contribution in [0.4, 0.5) is 15.8 Å². The summed E-state index contributed by atoms with van der Waals surface area (Å²) in [5, 5.41) is 2.33. The highest BCUT2D eigenvalue weighted by Gasteiger charge is 2.27. The van der Waals surface area contributed by atoms with Crippen LogP contribution in [-0.2, 0) is 21.2 Å². The molecule has 5 nitrogen and oxygen atoms in total. The molecule has 1 amide bonds. The zero-order chi connectivity index (χ0) is 18.0. The topological polar surface area (TPSA) is 75.3 Å². The second-order valence-corrected chi connectivity index (χ2v) is 8.71. The zero-order valence-electron chi connectivity index (χ0n) is 13.5. The molecule has 2 aromatic rings. The molecule has 1 aliphatic heterocycles. The average molecular weight is 380 g/mol. The van der Waals surface area contributed by atoms with Crippen molar-refractivity contribution in [1.29, 1.82) is 0 Å². The maximum Gasteiger partial charge on any atom is 0.242 e. The molecule has 0 spiro atoms. The van der Waals surface area contributed by atoms with Crippen LogP contribution in [0.5, 0.6) is 0 Å². The van der Waals surface area contributed by atoms with Crippen LogP contribution in [-0.4, -0.2) is 26.3 Å². The fourth-order valence-corrected chi connectivity index (χ4v) is 4.48. The van der Waals surface area contributed by atoms with E-state index in [2.05, 4.69) is 10.0 Å². The average Bonchev–Trinajstić information content (AvgIpc) is 2.55. The number of amides is 1. The monoisotopic (exact) mass is 380 g/mol. The van der Waals surface area contributed by atoms with Crippen LogP contribution in [0.2, 0.25) is 0 Å². The smallest absolute Gasteiger partial charge is 0.242 e. The van der Waals surface area contributed by atoms with Gasteiger partial charge in [-0.1, -0.05) is 24.3 Å². The number of carbonyl (C=O) groups excluding carboxylic acids is 1. The molecule has 0 aromatic heterocycles. The molecule has 132 valence electrons. The number of hydrogen-bond donors (Lipinski definition) is 2. The van der Waals surface area contributed by atoms with Crippen LogP contribution in [0.25, 0.3) is 0 Å². The summed E-state index contributed by atoms with van der Waals surface area (Å²) in [5.74, 6) is -0.0330. The van der Waals surface area contributed by atoms with Gasteiger partial charge in [0.15, 0.2) is 0 Å². The number of benzene rings is 2. The Morgan fingerprint density at radius 1 is 1.20 bits per heavy atom. The Morgan fingerprint density at radius 3 is 2.72 bits per heavy atom. The number of rotatable bonds is 4. The third kappa shape index (κ3) is 4.32. The third-order valence-electron chi connectivity index (χ3n) is 3.77. The minimum absolute atomic E-state index is 0.00458. The summed E-state index contributed by atoms with van der Waals surface area (Å²) in [7, 11) is -3.60. The molecule has 3 rings (SSSR count). The van der Waals surface area contributed by atoms with Crippen molar-refractivity contribution >= 4 is 39.1 Å². The minimum Gasteiger partial charge on any atom is -0.323 e. The SMILES string of the molecule is CS(=O)(=O)Nc1cc(F)ccc1NC(=O)C1SCCc2ccccc21. The lowest BCUT2D eigenvalue weighted by atomic mass is 10.0. The van der Waals surface area contributed by atoms with Crippen LogP contribution >= 0.6 is 11.8 Å². The van der Waals surface area contributed by atoms with Crippen LogP contribution in [0.3, 0.4) is 0 Å². The van der Waals surface area contributed by atoms with Crippen LogP contribution < -0.4 is 10.0 Å². The number of halogens is 1. The van der Waals surface area contributed by atoms with E-state index >= 15 is 0 Å². The number of anilines is 2. The molecule has 1 unspecified atom stereocenters. The van der Waals surface area contributed by atoms with Gasteiger partial charge in [-0.2, -0.15) is 0 Å². The summed E-state index contributed by atoms with van der Waals surface area (Å²) in [6.07, 6.45) is 1.87. The van der Waals surface area contributed by atoms with Crippen LogP contribution in [0, 0.1) is 5.82 Å². The van der Waals surface area contributed by atoms with Crippen molar-refractivity contribution in [3.63, 3.8) is 0 Å². The molecule has 25 heavy (non-hydrogen) atoms. The second kappa shape index (κ2) is 7.05. The van der Waals surface area contributed by atoms with E-state index in [4.69, 9.17) is 0 Å². The summed E-state index contributed by atoms with van der Waals surface area (Å²) < 4.78 is 38.6. The van der Waals surface area contributed by atoms with E-state index in [1.165, 1.54) is 23.9 Å². The molecule has 2 N–H and O–H groups in total. The predicted octanol–water partition coefficient (Wildman–Crippen LogP) is 3.17. The van der Waals surface area contributed by atoms with Gasteiger partial charge >= 0.3 is 0 Å². The van der Waals surface area contributed by atoms with Crippen molar-refractivity contribution < 1.29 is 17.6 Å². The van der Waals surface area contributed by atoms with E-state index in [0.717, 1.165) is 35.6 Å². The van der Waals surface area contributed by atoms with Crippen molar-refractivity contribution in [1.82, 2.24) is 0 Å². The van der Waals surface area contributed by atoms with E-state index in [1.54, 1.807) is 0 Å². The zero-order valence-corrected chi connectivity index (χ0v) is 15.1. The Kier molecular flexibility index (Phi) is 5.01. The van der Waals surface area contributed by atoms with E-state index in [-0.39, 0.29) is 22.5 Å². The van der Waals surface area contributed by atoms with Gasteiger partial charge in [-0.25, -0.2) is 12.8 Å². The molecule has 0 fully saturated rings. The molecule has 1 atom stereocenters. The Bertz CT molecular complexity index is 916. The normalized spacial score (nSPS) is 16.8. The Labute approximate surface area is 150 Å². The lowest BCUT2D eigenvalue weighted by molar-refractivity contribution is -0.115. The maximum atomic E-state index is 13.5. The summed E-state index contributed by atoms with van der Waals surface area (Å²) in [4.78, 5) is 12.7. The van der Waals surface area contributed by atoms with Gasteiger partial charge in [-0.15, -0.1) is 11.8 Å². The van der Waals surface area contributed by atoms with Crippen molar-refractivity contribution in [2.75, 3.05) is 22.0 Å². The van der Waals surface area contributed by atoms with Crippen molar-refractivity contribution in [2.24, 2.45) is 0 Å². The molecule has 0 saturated carbocycles. The highest BCUT2D eigenvalue weighted by atomic mass is 32.2. The van der Waals surface area contributed by atoms with Gasteiger partial charge in [-0.05, 0) is 35.4 Å². The highest BCUT2D eigenvalue weighted by molar-refractivity contribution is 8.00. The van der Waals surface area contributed by atoms with Gasteiger partial charge in [0.25, 0.3) is 0 Å². The van der Waals surface area contributed by atoms with Gasteiger partial charge in [0, 0.05) is 6.07 Å². The Hall–Kier alpha value is -2.06. The van der Waals surface area contributed by atoms with Crippen molar-refractivity contribution in [2.45, 2.75) is 11.7 Å². The van der Waals surface area contributed by atoms with E-state index in [0.29, 0.717) is 0 Å². The van der Waals surface area contributed by atoms with E-state index < -0.39 is 15.8 Å². The second-order valence-electron chi connectivity index (χ2n) is 5.75. The van der Waals surface area contributed by atoms with Gasteiger partial charge < -0.3 is 5.32 Å². The first-order valence-corrected chi connectivity index (χ1v) is 10.5. The summed E-state index contributed by atoms with van der Waals surface area (Å²) in [6, 6.07) is 11.3. The fraction of sp³-hybridized carbons (Fsp3) is 0.235. The fourth-order valence-electron chi connectivity index (χ4n) is 2.72. The lowest BCUT2D eigenvalue weighted by Gasteiger charge is -2.24. The minimum atomic E-state index is -3.60. The number of thioether (sulfide) groups is 1. The lowest BCUT2D eigenvalue weighted by Crippen LogP contribution is -2.24. The summed E-state index contributed by atoms with van der Waals surface area (Å²) in [5.41, 5.74) is 2.32. The maximum absolute atomic E-state index is 13.5. The van der Waals surface area contributed by atoms with Gasteiger partial charge in [0.1, 0.15) is 11.1 Å². The van der Waals surface area contributed by atoms with Gasteiger partial charge in [0.2, 0.25) is 15.9 Å². The first kappa shape index (κ1) is 17.8. The van der Waals surface area contributed by atoms with Crippen molar-refractivity contribution in [3.05, 3.63) is 59.4 Å². The van der Waals surface area contributed by atoms with Crippen LogP contribution in [0.1, 0.15) is 16.4 Å². The number of aryl methyl sites for hydroxylation is 1. The Balaban J connectivity index is 1.87. The van der Waals surface area contributed by atoms with Crippen LogP contribution in [0.15, 0.2) is 42.5 Å². The highest BCUT2D eigenvalue weighted by Crippen LogP contribution is 2.38. The molecule has 0 saturated heterocycles. The molecule has 0 aliphatic carbocycles. The number of carbonyl (C=O) groups is 1. The largest absolute Gasteiger partial charge is 0.323 e. The van der Waals surface area contributed by atoms with Gasteiger partial charge in [0.05, 0.1) is 17.6 Å². The molecule has 2 aromatic carbocycles. The molecule has 0 bridgehead atoms. The number of sulfonamides is 1. The van der Waals surface area contributed by atoms with Gasteiger partial charge in [-0.3, -0.25) is 9.52 Å². The number of hydrogen-bond acceptors (Lipinski definition) is 4. The first-order valence-electron chi connectivity index (χ1n) is 7.61. The third-order valence-corrected chi connectivity index (χ3v) is 5.60. The summed E-state index contributed by atoms with van der Waals surface area (Å²) >= 11 is 1.53. The number of fused-ring (bicyclic) bond motifs is 1. The molecule has 8 heteroatoms. The molecular formula is C17H17FN2O3S2.